The van der Waals surface area contributed by atoms with Crippen molar-refractivity contribution in [3.05, 3.63) is 20.8 Å². The Bertz CT molecular complexity index is 721. The molecule has 0 aromatic carbocycles. The number of aromatic amines is 1. The third-order valence-corrected chi connectivity index (χ3v) is 4.80. The van der Waals surface area contributed by atoms with Crippen molar-refractivity contribution in [2.24, 2.45) is 13.0 Å². The van der Waals surface area contributed by atoms with Gasteiger partial charge in [-0.05, 0) is 18.8 Å². The van der Waals surface area contributed by atoms with Crippen molar-refractivity contribution >= 4 is 26.8 Å². The van der Waals surface area contributed by atoms with Gasteiger partial charge < -0.3 is 4.90 Å². The second kappa shape index (κ2) is 4.48. The molecule has 0 radical (unpaired) electrons. The first-order valence-electron chi connectivity index (χ1n) is 6.41. The molecule has 0 spiro atoms. The number of H-pyrrole nitrogens is 1. The molecule has 7 heteroatoms. The van der Waals surface area contributed by atoms with Crippen LogP contribution in [0, 0.1) is 5.92 Å². The predicted octanol–water partition coefficient (Wildman–Crippen LogP) is 0.920. The lowest BCUT2D eigenvalue weighted by Gasteiger charge is -2.29. The Hall–Kier alpha value is -1.63. The SMILES string of the molecule is CC1CCN(c2nc3[nH]c(=O)n(C)c(=O)c3s2)CC1. The zero-order valence-electron chi connectivity index (χ0n) is 11.0. The first kappa shape index (κ1) is 12.4. The molecule has 102 valence electrons. The molecule has 1 fully saturated rings. The van der Waals surface area contributed by atoms with Gasteiger partial charge >= 0.3 is 5.69 Å². The van der Waals surface area contributed by atoms with Crippen LogP contribution in [0.25, 0.3) is 10.3 Å². The Morgan fingerprint density at radius 3 is 2.68 bits per heavy atom. The van der Waals surface area contributed by atoms with Gasteiger partial charge in [-0.1, -0.05) is 18.3 Å². The number of anilines is 1. The highest BCUT2D eigenvalue weighted by molar-refractivity contribution is 7.22. The van der Waals surface area contributed by atoms with Crippen LogP contribution in [-0.2, 0) is 7.05 Å². The van der Waals surface area contributed by atoms with Crippen molar-refractivity contribution in [2.45, 2.75) is 19.8 Å². The standard InChI is InChI=1S/C12H16N4O2S/c1-7-3-5-16(6-4-7)12-14-9-8(19-12)10(17)15(2)11(18)13-9/h7H,3-6H2,1-2H3,(H,13,18). The number of thiazole rings is 1. The zero-order chi connectivity index (χ0) is 13.6. The fourth-order valence-corrected chi connectivity index (χ4v) is 3.35. The van der Waals surface area contributed by atoms with Gasteiger partial charge in [0.25, 0.3) is 5.56 Å². The molecule has 1 saturated heterocycles. The Kier molecular flexibility index (Phi) is 2.93. The topological polar surface area (TPSA) is 71.0 Å². The summed E-state index contributed by atoms with van der Waals surface area (Å²) in [6.45, 7) is 4.18. The Labute approximate surface area is 113 Å². The Morgan fingerprint density at radius 2 is 2.00 bits per heavy atom. The molecule has 19 heavy (non-hydrogen) atoms. The molecule has 0 bridgehead atoms. The van der Waals surface area contributed by atoms with Crippen LogP contribution in [-0.4, -0.2) is 27.6 Å². The molecule has 3 rings (SSSR count). The molecular formula is C12H16N4O2S. The van der Waals surface area contributed by atoms with Gasteiger partial charge in [-0.3, -0.25) is 14.3 Å². The molecule has 0 aliphatic carbocycles. The van der Waals surface area contributed by atoms with Gasteiger partial charge in [0.05, 0.1) is 0 Å². The number of aromatic nitrogens is 3. The number of hydrogen-bond acceptors (Lipinski definition) is 5. The molecule has 1 aliphatic rings. The monoisotopic (exact) mass is 280 g/mol. The molecule has 0 unspecified atom stereocenters. The average molecular weight is 280 g/mol. The Morgan fingerprint density at radius 1 is 1.32 bits per heavy atom. The average Bonchev–Trinajstić information content (AvgIpc) is 2.81. The molecule has 0 saturated carbocycles. The third-order valence-electron chi connectivity index (χ3n) is 3.70. The second-order valence-electron chi connectivity index (χ2n) is 5.14. The molecule has 0 amide bonds. The number of nitrogens with zero attached hydrogens (tertiary/aromatic N) is 3. The van der Waals surface area contributed by atoms with Crippen LogP contribution < -0.4 is 16.1 Å². The molecule has 6 nitrogen and oxygen atoms in total. The lowest BCUT2D eigenvalue weighted by molar-refractivity contribution is 0.438. The second-order valence-corrected chi connectivity index (χ2v) is 6.12. The number of piperidine rings is 1. The highest BCUT2D eigenvalue weighted by Crippen LogP contribution is 2.28. The highest BCUT2D eigenvalue weighted by atomic mass is 32.1. The summed E-state index contributed by atoms with van der Waals surface area (Å²) in [4.78, 5) is 32.8. The van der Waals surface area contributed by atoms with Crippen molar-refractivity contribution in [3.8, 4) is 0 Å². The number of rotatable bonds is 1. The predicted molar refractivity (Wildman–Crippen MR) is 76.1 cm³/mol. The van der Waals surface area contributed by atoms with Gasteiger partial charge in [0.2, 0.25) is 0 Å². The first-order valence-corrected chi connectivity index (χ1v) is 7.22. The zero-order valence-corrected chi connectivity index (χ0v) is 11.8. The third kappa shape index (κ3) is 2.07. The van der Waals surface area contributed by atoms with Gasteiger partial charge in [0.15, 0.2) is 10.8 Å². The molecule has 2 aromatic heterocycles. The minimum absolute atomic E-state index is 0.270. The Balaban J connectivity index is 2.05. The first-order chi connectivity index (χ1) is 9.06. The molecule has 0 atom stereocenters. The van der Waals surface area contributed by atoms with E-state index in [1.54, 1.807) is 0 Å². The van der Waals surface area contributed by atoms with Crippen molar-refractivity contribution in [1.82, 2.24) is 14.5 Å². The smallest absolute Gasteiger partial charge is 0.329 e. The van der Waals surface area contributed by atoms with Crippen molar-refractivity contribution < 1.29 is 0 Å². The number of hydrogen-bond donors (Lipinski definition) is 1. The van der Waals surface area contributed by atoms with Crippen molar-refractivity contribution in [2.75, 3.05) is 18.0 Å². The van der Waals surface area contributed by atoms with Crippen molar-refractivity contribution in [1.29, 1.82) is 0 Å². The van der Waals surface area contributed by atoms with E-state index in [-0.39, 0.29) is 5.56 Å². The van der Waals surface area contributed by atoms with E-state index in [0.29, 0.717) is 10.3 Å². The fraction of sp³-hybridized carbons (Fsp3) is 0.583. The summed E-state index contributed by atoms with van der Waals surface area (Å²) in [5, 5.41) is 0.834. The van der Waals surface area contributed by atoms with Gasteiger partial charge in [-0.2, -0.15) is 0 Å². The van der Waals surface area contributed by atoms with E-state index in [0.717, 1.165) is 41.5 Å². The number of nitrogens with one attached hydrogen (secondary N) is 1. The lowest BCUT2D eigenvalue weighted by atomic mass is 10.00. The van der Waals surface area contributed by atoms with E-state index < -0.39 is 5.69 Å². The van der Waals surface area contributed by atoms with E-state index in [1.807, 2.05) is 0 Å². The molecule has 3 heterocycles. The quantitative estimate of drug-likeness (QED) is 0.843. The summed E-state index contributed by atoms with van der Waals surface area (Å²) in [5.41, 5.74) is -0.277. The van der Waals surface area contributed by atoms with E-state index in [2.05, 4.69) is 21.8 Å². The van der Waals surface area contributed by atoms with Crippen LogP contribution in [0.1, 0.15) is 19.8 Å². The van der Waals surface area contributed by atoms with Gasteiger partial charge in [-0.25, -0.2) is 9.78 Å². The maximum Gasteiger partial charge on any atom is 0.329 e. The highest BCUT2D eigenvalue weighted by Gasteiger charge is 2.20. The number of fused-ring (bicyclic) bond motifs is 1. The van der Waals surface area contributed by atoms with Gasteiger partial charge in [-0.15, -0.1) is 0 Å². The summed E-state index contributed by atoms with van der Waals surface area (Å²) in [6, 6.07) is 0. The lowest BCUT2D eigenvalue weighted by Crippen LogP contribution is -2.32. The van der Waals surface area contributed by atoms with E-state index in [9.17, 15) is 9.59 Å². The van der Waals surface area contributed by atoms with E-state index in [4.69, 9.17) is 0 Å². The maximum absolute atomic E-state index is 12.0. The summed E-state index contributed by atoms with van der Waals surface area (Å²) in [7, 11) is 1.47. The summed E-state index contributed by atoms with van der Waals surface area (Å²) in [6.07, 6.45) is 2.29. The van der Waals surface area contributed by atoms with E-state index >= 15 is 0 Å². The minimum atomic E-state index is -0.415. The maximum atomic E-state index is 12.0. The largest absolute Gasteiger partial charge is 0.348 e. The normalized spacial score (nSPS) is 17.3. The molecule has 1 N–H and O–H groups in total. The molecular weight excluding hydrogens is 264 g/mol. The summed E-state index contributed by atoms with van der Waals surface area (Å²) >= 11 is 1.37. The molecule has 1 aliphatic heterocycles. The summed E-state index contributed by atoms with van der Waals surface area (Å²) in [5.74, 6) is 0.748. The van der Waals surface area contributed by atoms with Crippen LogP contribution in [0.4, 0.5) is 5.13 Å². The van der Waals surface area contributed by atoms with Gasteiger partial charge in [0, 0.05) is 20.1 Å². The van der Waals surface area contributed by atoms with Crippen molar-refractivity contribution in [3.63, 3.8) is 0 Å². The van der Waals surface area contributed by atoms with Crippen LogP contribution in [0.15, 0.2) is 9.59 Å². The fourth-order valence-electron chi connectivity index (χ4n) is 2.30. The van der Waals surface area contributed by atoms with Crippen LogP contribution in [0.3, 0.4) is 0 Å². The summed E-state index contributed by atoms with van der Waals surface area (Å²) < 4.78 is 1.61. The van der Waals surface area contributed by atoms with Crippen LogP contribution >= 0.6 is 11.3 Å². The van der Waals surface area contributed by atoms with Crippen LogP contribution in [0.5, 0.6) is 0 Å². The van der Waals surface area contributed by atoms with Gasteiger partial charge in [0.1, 0.15) is 4.70 Å². The van der Waals surface area contributed by atoms with E-state index in [1.165, 1.54) is 18.4 Å². The minimum Gasteiger partial charge on any atom is -0.348 e. The van der Waals surface area contributed by atoms with Crippen LogP contribution in [0.2, 0.25) is 0 Å². The molecule has 2 aromatic rings.